The van der Waals surface area contributed by atoms with E-state index in [0.717, 1.165) is 0 Å². The lowest BCUT2D eigenvalue weighted by Crippen LogP contribution is -1.97. The van der Waals surface area contributed by atoms with E-state index in [-0.39, 0.29) is 6.54 Å². The first-order valence-corrected chi connectivity index (χ1v) is 3.76. The lowest BCUT2D eigenvalue weighted by atomic mass is 10.4. The van der Waals surface area contributed by atoms with E-state index in [1.165, 1.54) is 0 Å². The van der Waals surface area contributed by atoms with Crippen LogP contribution in [0.4, 0.5) is 0 Å². The van der Waals surface area contributed by atoms with E-state index in [2.05, 4.69) is 15.3 Å². The predicted octanol–water partition coefficient (Wildman–Crippen LogP) is 0.492. The van der Waals surface area contributed by atoms with Crippen LogP contribution in [0, 0.1) is 6.92 Å². The van der Waals surface area contributed by atoms with Crippen LogP contribution in [0.2, 0.25) is 0 Å². The minimum atomic E-state index is 0.250. The molecule has 0 aromatic carbocycles. The van der Waals surface area contributed by atoms with Crippen LogP contribution in [0.1, 0.15) is 11.6 Å². The van der Waals surface area contributed by atoms with Gasteiger partial charge in [-0.1, -0.05) is 10.3 Å². The quantitative estimate of drug-likeness (QED) is 0.723. The fraction of sp³-hybridized carbons (Fsp3) is 0.286. The first-order valence-electron chi connectivity index (χ1n) is 3.76. The van der Waals surface area contributed by atoms with E-state index in [9.17, 15) is 0 Å². The van der Waals surface area contributed by atoms with Crippen molar-refractivity contribution in [2.45, 2.75) is 13.5 Å². The Morgan fingerprint density at radius 1 is 1.38 bits per heavy atom. The van der Waals surface area contributed by atoms with Gasteiger partial charge in [0.25, 0.3) is 5.89 Å². The molecule has 13 heavy (non-hydrogen) atoms. The zero-order valence-electron chi connectivity index (χ0n) is 7.02. The van der Waals surface area contributed by atoms with Crippen LogP contribution in [0.15, 0.2) is 15.1 Å². The number of nitrogens with two attached hydrogens (primary N) is 1. The standard InChI is InChI=1S/C7H8N4O2/c1-4-2-5(10-12-4)7-9-6(3-8)11-13-7/h2H,3,8H2,1H3. The summed E-state index contributed by atoms with van der Waals surface area (Å²) in [5, 5.41) is 7.35. The zero-order valence-corrected chi connectivity index (χ0v) is 7.02. The van der Waals surface area contributed by atoms with Crippen molar-refractivity contribution in [2.24, 2.45) is 5.73 Å². The molecule has 0 bridgehead atoms. The monoisotopic (exact) mass is 180 g/mol. The predicted molar refractivity (Wildman–Crippen MR) is 42.4 cm³/mol. The Morgan fingerprint density at radius 3 is 2.77 bits per heavy atom. The van der Waals surface area contributed by atoms with Gasteiger partial charge in [0, 0.05) is 6.07 Å². The lowest BCUT2D eigenvalue weighted by Gasteiger charge is -1.79. The van der Waals surface area contributed by atoms with Crippen molar-refractivity contribution < 1.29 is 9.05 Å². The highest BCUT2D eigenvalue weighted by atomic mass is 16.5. The molecule has 0 aliphatic heterocycles. The smallest absolute Gasteiger partial charge is 0.280 e. The summed E-state index contributed by atoms with van der Waals surface area (Å²) in [5.74, 6) is 1.48. The van der Waals surface area contributed by atoms with Crippen molar-refractivity contribution in [3.8, 4) is 11.6 Å². The highest BCUT2D eigenvalue weighted by Crippen LogP contribution is 2.15. The number of nitrogens with zero attached hydrogens (tertiary/aromatic N) is 3. The highest BCUT2D eigenvalue weighted by Gasteiger charge is 2.11. The molecule has 2 N–H and O–H groups in total. The molecule has 6 nitrogen and oxygen atoms in total. The molecule has 0 amide bonds. The van der Waals surface area contributed by atoms with Gasteiger partial charge in [0.2, 0.25) is 0 Å². The summed E-state index contributed by atoms with van der Waals surface area (Å²) in [6, 6.07) is 1.72. The fourth-order valence-electron chi connectivity index (χ4n) is 0.908. The van der Waals surface area contributed by atoms with Gasteiger partial charge < -0.3 is 14.8 Å². The van der Waals surface area contributed by atoms with Crippen LogP contribution in [0.3, 0.4) is 0 Å². The van der Waals surface area contributed by atoms with Gasteiger partial charge in [0.1, 0.15) is 5.76 Å². The third kappa shape index (κ3) is 1.43. The third-order valence-corrected chi connectivity index (χ3v) is 1.50. The maximum atomic E-state index is 5.32. The summed E-state index contributed by atoms with van der Waals surface area (Å²) in [4.78, 5) is 3.99. The Hall–Kier alpha value is -1.69. The molecular formula is C7H8N4O2. The molecule has 0 aliphatic carbocycles. The Kier molecular flexibility index (Phi) is 1.82. The molecule has 2 aromatic rings. The van der Waals surface area contributed by atoms with Crippen molar-refractivity contribution in [1.82, 2.24) is 15.3 Å². The van der Waals surface area contributed by atoms with Crippen molar-refractivity contribution >= 4 is 0 Å². The van der Waals surface area contributed by atoms with E-state index < -0.39 is 0 Å². The summed E-state index contributed by atoms with van der Waals surface area (Å²) in [7, 11) is 0. The molecule has 2 heterocycles. The number of aryl methyl sites for hydroxylation is 1. The second-order valence-corrected chi connectivity index (χ2v) is 2.54. The SMILES string of the molecule is Cc1cc(-c2nc(CN)no2)no1. The number of aromatic nitrogens is 3. The van der Waals surface area contributed by atoms with Crippen LogP contribution >= 0.6 is 0 Å². The molecule has 6 heteroatoms. The Morgan fingerprint density at radius 2 is 2.23 bits per heavy atom. The third-order valence-electron chi connectivity index (χ3n) is 1.50. The molecule has 0 unspecified atom stereocenters. The van der Waals surface area contributed by atoms with Crippen LogP contribution in [0.5, 0.6) is 0 Å². The van der Waals surface area contributed by atoms with E-state index in [4.69, 9.17) is 14.8 Å². The summed E-state index contributed by atoms with van der Waals surface area (Å²) >= 11 is 0. The lowest BCUT2D eigenvalue weighted by molar-refractivity contribution is 0.388. The summed E-state index contributed by atoms with van der Waals surface area (Å²) in [6.45, 7) is 2.04. The summed E-state index contributed by atoms with van der Waals surface area (Å²) in [5.41, 5.74) is 5.85. The second kappa shape index (κ2) is 2.98. The minimum absolute atomic E-state index is 0.250. The molecule has 0 fully saturated rings. The summed E-state index contributed by atoms with van der Waals surface area (Å²) in [6.07, 6.45) is 0. The van der Waals surface area contributed by atoms with Gasteiger partial charge in [-0.2, -0.15) is 4.98 Å². The molecule has 0 aliphatic rings. The average Bonchev–Trinajstić information content (AvgIpc) is 2.71. The average molecular weight is 180 g/mol. The van der Waals surface area contributed by atoms with Gasteiger partial charge >= 0.3 is 0 Å². The Labute approximate surface area is 73.7 Å². The van der Waals surface area contributed by atoms with Gasteiger partial charge in [0.15, 0.2) is 11.5 Å². The van der Waals surface area contributed by atoms with E-state index in [1.807, 2.05) is 0 Å². The number of hydrogen-bond acceptors (Lipinski definition) is 6. The first kappa shape index (κ1) is 7.93. The van der Waals surface area contributed by atoms with E-state index in [1.54, 1.807) is 13.0 Å². The van der Waals surface area contributed by atoms with Crippen molar-refractivity contribution in [2.75, 3.05) is 0 Å². The van der Waals surface area contributed by atoms with E-state index >= 15 is 0 Å². The van der Waals surface area contributed by atoms with Gasteiger partial charge in [-0.15, -0.1) is 0 Å². The second-order valence-electron chi connectivity index (χ2n) is 2.54. The molecule has 68 valence electrons. The molecule has 0 saturated carbocycles. The van der Waals surface area contributed by atoms with Gasteiger partial charge in [-0.05, 0) is 6.92 Å². The number of rotatable bonds is 2. The molecule has 0 atom stereocenters. The van der Waals surface area contributed by atoms with Crippen LogP contribution in [0.25, 0.3) is 11.6 Å². The molecule has 2 rings (SSSR count). The van der Waals surface area contributed by atoms with Crippen molar-refractivity contribution in [3.05, 3.63) is 17.7 Å². The van der Waals surface area contributed by atoms with E-state index in [0.29, 0.717) is 23.2 Å². The zero-order chi connectivity index (χ0) is 9.26. The van der Waals surface area contributed by atoms with Gasteiger partial charge in [0.05, 0.1) is 6.54 Å². The van der Waals surface area contributed by atoms with Crippen LogP contribution < -0.4 is 5.73 Å². The van der Waals surface area contributed by atoms with Crippen LogP contribution in [-0.2, 0) is 6.54 Å². The topological polar surface area (TPSA) is 91.0 Å². The number of hydrogen-bond donors (Lipinski definition) is 1. The molecular weight excluding hydrogens is 172 g/mol. The largest absolute Gasteiger partial charge is 0.361 e. The first-order chi connectivity index (χ1) is 6.29. The highest BCUT2D eigenvalue weighted by molar-refractivity contribution is 5.45. The Balaban J connectivity index is 2.35. The maximum Gasteiger partial charge on any atom is 0.280 e. The van der Waals surface area contributed by atoms with Gasteiger partial charge in [-0.25, -0.2) is 0 Å². The molecule has 0 radical (unpaired) electrons. The van der Waals surface area contributed by atoms with Crippen molar-refractivity contribution in [3.63, 3.8) is 0 Å². The van der Waals surface area contributed by atoms with Crippen LogP contribution in [-0.4, -0.2) is 15.3 Å². The van der Waals surface area contributed by atoms with Gasteiger partial charge in [-0.3, -0.25) is 0 Å². The Bertz CT molecular complexity index is 406. The molecule has 0 saturated heterocycles. The maximum absolute atomic E-state index is 5.32. The normalized spacial score (nSPS) is 10.6. The van der Waals surface area contributed by atoms with Crippen molar-refractivity contribution in [1.29, 1.82) is 0 Å². The molecule has 0 spiro atoms. The summed E-state index contributed by atoms with van der Waals surface area (Å²) < 4.78 is 9.74. The molecule has 2 aromatic heterocycles. The minimum Gasteiger partial charge on any atom is -0.361 e. The fourth-order valence-corrected chi connectivity index (χ4v) is 0.908.